The Kier molecular flexibility index (Phi) is 4.33. The van der Waals surface area contributed by atoms with Crippen LogP contribution in [0, 0.1) is 6.92 Å². The molecule has 0 radical (unpaired) electrons. The fourth-order valence-corrected chi connectivity index (χ4v) is 1.63. The van der Waals surface area contributed by atoms with E-state index in [2.05, 4.69) is 5.10 Å². The van der Waals surface area contributed by atoms with E-state index in [1.807, 2.05) is 27.7 Å². The highest BCUT2D eigenvalue weighted by molar-refractivity contribution is 6.32. The molecule has 0 unspecified atom stereocenters. The van der Waals surface area contributed by atoms with E-state index in [1.165, 1.54) is 0 Å². The summed E-state index contributed by atoms with van der Waals surface area (Å²) in [6, 6.07) is 0. The molecule has 1 aromatic heterocycles. The second-order valence-electron chi connectivity index (χ2n) is 5.09. The lowest BCUT2D eigenvalue weighted by atomic mass is 10.2. The van der Waals surface area contributed by atoms with Crippen molar-refractivity contribution in [3.05, 3.63) is 16.4 Å². The smallest absolute Gasteiger partial charge is 0.164 e. The summed E-state index contributed by atoms with van der Waals surface area (Å²) in [6.45, 7) is 7.68. The summed E-state index contributed by atoms with van der Waals surface area (Å²) in [4.78, 5) is 11.7. The first kappa shape index (κ1) is 14.2. The number of ketones is 1. The molecule has 0 aromatic carbocycles. The minimum atomic E-state index is -0.304. The predicted octanol–water partition coefficient (Wildman–Crippen LogP) is 2.31. The normalized spacial score (nSPS) is 11.9. The molecule has 5 heteroatoms. The molecule has 0 aliphatic rings. The fourth-order valence-electron chi connectivity index (χ4n) is 1.41. The first-order chi connectivity index (χ1) is 7.70. The van der Waals surface area contributed by atoms with Crippen LogP contribution in [-0.2, 0) is 23.0 Å². The van der Waals surface area contributed by atoms with E-state index in [1.54, 1.807) is 11.7 Å². The quantitative estimate of drug-likeness (QED) is 0.833. The molecule has 0 amide bonds. The summed E-state index contributed by atoms with van der Waals surface area (Å²) in [6.07, 6.45) is 0.256. The number of hydrogen-bond donors (Lipinski definition) is 0. The number of Topliss-reactive ketones (excluding diaryl/α,β-unsaturated/α-hetero) is 1. The van der Waals surface area contributed by atoms with Crippen molar-refractivity contribution in [2.45, 2.75) is 39.7 Å². The predicted molar refractivity (Wildman–Crippen MR) is 67.4 cm³/mol. The second-order valence-corrected chi connectivity index (χ2v) is 5.46. The number of hydrogen-bond acceptors (Lipinski definition) is 3. The number of ether oxygens (including phenoxy) is 1. The largest absolute Gasteiger partial charge is 0.368 e. The van der Waals surface area contributed by atoms with Crippen LogP contribution in [0.25, 0.3) is 0 Å². The Hall–Kier alpha value is -0.870. The molecule has 0 saturated heterocycles. The Balaban J connectivity index is 2.63. The van der Waals surface area contributed by atoms with Crippen LogP contribution >= 0.6 is 11.6 Å². The maximum atomic E-state index is 11.7. The van der Waals surface area contributed by atoms with Gasteiger partial charge in [-0.25, -0.2) is 0 Å². The molecular formula is C12H19ClN2O2. The van der Waals surface area contributed by atoms with Crippen LogP contribution in [0.5, 0.6) is 0 Å². The van der Waals surface area contributed by atoms with Crippen molar-refractivity contribution in [2.24, 2.45) is 7.05 Å². The van der Waals surface area contributed by atoms with E-state index in [0.717, 1.165) is 11.4 Å². The van der Waals surface area contributed by atoms with Crippen molar-refractivity contribution in [1.82, 2.24) is 9.78 Å². The molecule has 1 heterocycles. The molecule has 4 nitrogen and oxygen atoms in total. The highest BCUT2D eigenvalue weighted by Gasteiger charge is 2.17. The first-order valence-corrected chi connectivity index (χ1v) is 5.92. The third-order valence-corrected chi connectivity index (χ3v) is 2.78. The molecule has 0 fully saturated rings. The van der Waals surface area contributed by atoms with Crippen LogP contribution in [0.1, 0.15) is 32.2 Å². The van der Waals surface area contributed by atoms with Gasteiger partial charge in [-0.05, 0) is 27.7 Å². The standard InChI is InChI=1S/C12H19ClN2O2/c1-8-11(13)10(15(5)14-8)6-9(16)7-17-12(2,3)4/h6-7H2,1-5H3. The topological polar surface area (TPSA) is 44.1 Å². The molecule has 17 heavy (non-hydrogen) atoms. The molecule has 0 bridgehead atoms. The molecule has 0 aliphatic carbocycles. The van der Waals surface area contributed by atoms with Gasteiger partial charge >= 0.3 is 0 Å². The molecular weight excluding hydrogens is 240 g/mol. The summed E-state index contributed by atoms with van der Waals surface area (Å²) in [7, 11) is 1.78. The maximum Gasteiger partial charge on any atom is 0.164 e. The summed E-state index contributed by atoms with van der Waals surface area (Å²) in [5.41, 5.74) is 1.18. The monoisotopic (exact) mass is 258 g/mol. The third-order valence-electron chi connectivity index (χ3n) is 2.29. The van der Waals surface area contributed by atoms with E-state index in [0.29, 0.717) is 5.02 Å². The van der Waals surface area contributed by atoms with E-state index < -0.39 is 0 Å². The minimum absolute atomic E-state index is 0.00447. The lowest BCUT2D eigenvalue weighted by molar-refractivity contribution is -0.127. The molecule has 0 atom stereocenters. The molecule has 0 aliphatic heterocycles. The van der Waals surface area contributed by atoms with Crippen molar-refractivity contribution in [1.29, 1.82) is 0 Å². The number of carbonyl (C=O) groups excluding carboxylic acids is 1. The summed E-state index contributed by atoms with van der Waals surface area (Å²) in [5, 5.41) is 4.73. The average Bonchev–Trinajstić information content (AvgIpc) is 2.41. The van der Waals surface area contributed by atoms with Crippen molar-refractivity contribution in [2.75, 3.05) is 6.61 Å². The van der Waals surface area contributed by atoms with Crippen molar-refractivity contribution in [3.8, 4) is 0 Å². The zero-order chi connectivity index (χ0) is 13.2. The van der Waals surface area contributed by atoms with E-state index in [4.69, 9.17) is 16.3 Å². The van der Waals surface area contributed by atoms with Gasteiger partial charge in [0.2, 0.25) is 0 Å². The summed E-state index contributed by atoms with van der Waals surface area (Å²) >= 11 is 6.07. The average molecular weight is 259 g/mol. The first-order valence-electron chi connectivity index (χ1n) is 5.54. The summed E-state index contributed by atoms with van der Waals surface area (Å²) in [5.74, 6) is 0.00447. The van der Waals surface area contributed by atoms with E-state index in [9.17, 15) is 4.79 Å². The molecule has 1 rings (SSSR count). The lowest BCUT2D eigenvalue weighted by Gasteiger charge is -2.18. The lowest BCUT2D eigenvalue weighted by Crippen LogP contribution is -2.24. The number of carbonyl (C=O) groups is 1. The maximum absolute atomic E-state index is 11.7. The molecule has 1 aromatic rings. The van der Waals surface area contributed by atoms with Gasteiger partial charge in [-0.1, -0.05) is 11.6 Å². The van der Waals surface area contributed by atoms with Crippen LogP contribution < -0.4 is 0 Å². The third kappa shape index (κ3) is 4.13. The highest BCUT2D eigenvalue weighted by atomic mass is 35.5. The Bertz CT molecular complexity index is 419. The van der Waals surface area contributed by atoms with Gasteiger partial charge < -0.3 is 4.74 Å². The van der Waals surface area contributed by atoms with Crippen LogP contribution in [0.2, 0.25) is 5.02 Å². The number of nitrogens with zero attached hydrogens (tertiary/aromatic N) is 2. The van der Waals surface area contributed by atoms with Gasteiger partial charge in [0.25, 0.3) is 0 Å². The van der Waals surface area contributed by atoms with Crippen LogP contribution in [-0.4, -0.2) is 27.8 Å². The second kappa shape index (κ2) is 5.19. The number of rotatable bonds is 4. The van der Waals surface area contributed by atoms with Crippen molar-refractivity contribution in [3.63, 3.8) is 0 Å². The van der Waals surface area contributed by atoms with Gasteiger partial charge in [-0.2, -0.15) is 5.10 Å². The Labute approximate surface area is 107 Å². The van der Waals surface area contributed by atoms with Crippen LogP contribution in [0.3, 0.4) is 0 Å². The molecule has 96 valence electrons. The number of aromatic nitrogens is 2. The molecule has 0 saturated carbocycles. The van der Waals surface area contributed by atoms with Gasteiger partial charge in [0, 0.05) is 7.05 Å². The SMILES string of the molecule is Cc1nn(C)c(CC(=O)COC(C)(C)C)c1Cl. The zero-order valence-corrected chi connectivity index (χ0v) is 11.8. The van der Waals surface area contributed by atoms with Gasteiger partial charge in [0.1, 0.15) is 6.61 Å². The highest BCUT2D eigenvalue weighted by Crippen LogP contribution is 2.20. The minimum Gasteiger partial charge on any atom is -0.368 e. The van der Waals surface area contributed by atoms with Gasteiger partial charge in [-0.3, -0.25) is 9.48 Å². The van der Waals surface area contributed by atoms with Gasteiger partial charge in [0.15, 0.2) is 5.78 Å². The number of halogens is 1. The van der Waals surface area contributed by atoms with E-state index >= 15 is 0 Å². The molecule has 0 spiro atoms. The van der Waals surface area contributed by atoms with Crippen LogP contribution in [0.15, 0.2) is 0 Å². The number of aryl methyl sites for hydroxylation is 2. The van der Waals surface area contributed by atoms with Crippen LogP contribution in [0.4, 0.5) is 0 Å². The van der Waals surface area contributed by atoms with Gasteiger partial charge in [0.05, 0.1) is 28.4 Å². The Morgan fingerprint density at radius 1 is 1.47 bits per heavy atom. The van der Waals surface area contributed by atoms with Crippen molar-refractivity contribution >= 4 is 17.4 Å². The summed E-state index contributed by atoms with van der Waals surface area (Å²) < 4.78 is 7.07. The zero-order valence-electron chi connectivity index (χ0n) is 11.0. The molecule has 0 N–H and O–H groups in total. The van der Waals surface area contributed by atoms with Crippen molar-refractivity contribution < 1.29 is 9.53 Å². The fraction of sp³-hybridized carbons (Fsp3) is 0.667. The van der Waals surface area contributed by atoms with E-state index in [-0.39, 0.29) is 24.4 Å². The van der Waals surface area contributed by atoms with Gasteiger partial charge in [-0.15, -0.1) is 0 Å². The Morgan fingerprint density at radius 2 is 2.06 bits per heavy atom. The Morgan fingerprint density at radius 3 is 2.47 bits per heavy atom.